The lowest BCUT2D eigenvalue weighted by atomic mass is 9.92. The molecule has 4 nitrogen and oxygen atoms in total. The Kier molecular flexibility index (Phi) is 5.40. The number of benzene rings is 1. The molecule has 1 amide bonds. The Morgan fingerprint density at radius 2 is 1.90 bits per heavy atom. The van der Waals surface area contributed by atoms with Crippen molar-refractivity contribution >= 4 is 17.5 Å². The van der Waals surface area contributed by atoms with E-state index in [1.165, 1.54) is 0 Å². The SMILES string of the molecule is NC(=O)[C@H](CNC1CCC(O)CC1)c1ccc(Cl)cc1. The van der Waals surface area contributed by atoms with E-state index in [2.05, 4.69) is 5.32 Å². The first kappa shape index (κ1) is 15.3. The van der Waals surface area contributed by atoms with Crippen LogP contribution in [0.4, 0.5) is 0 Å². The second-order valence-electron chi connectivity index (χ2n) is 5.42. The number of halogens is 1. The van der Waals surface area contributed by atoms with Gasteiger partial charge >= 0.3 is 0 Å². The molecule has 0 heterocycles. The van der Waals surface area contributed by atoms with Gasteiger partial charge in [0.25, 0.3) is 0 Å². The van der Waals surface area contributed by atoms with Gasteiger partial charge in [0.2, 0.25) is 5.91 Å². The van der Waals surface area contributed by atoms with Crippen LogP contribution in [-0.2, 0) is 4.79 Å². The molecular weight excluding hydrogens is 276 g/mol. The van der Waals surface area contributed by atoms with E-state index in [4.69, 9.17) is 17.3 Å². The summed E-state index contributed by atoms with van der Waals surface area (Å²) in [6.07, 6.45) is 3.34. The smallest absolute Gasteiger partial charge is 0.226 e. The van der Waals surface area contributed by atoms with E-state index < -0.39 is 0 Å². The maximum absolute atomic E-state index is 11.6. The average molecular weight is 297 g/mol. The first-order valence-electron chi connectivity index (χ1n) is 7.02. The molecule has 1 aliphatic rings. The Labute approximate surface area is 124 Å². The van der Waals surface area contributed by atoms with Gasteiger partial charge in [-0.3, -0.25) is 4.79 Å². The van der Waals surface area contributed by atoms with E-state index >= 15 is 0 Å². The number of primary amides is 1. The second kappa shape index (κ2) is 7.07. The highest BCUT2D eigenvalue weighted by Crippen LogP contribution is 2.21. The lowest BCUT2D eigenvalue weighted by Crippen LogP contribution is -2.39. The lowest BCUT2D eigenvalue weighted by Gasteiger charge is -2.27. The van der Waals surface area contributed by atoms with Crippen molar-refractivity contribution in [1.29, 1.82) is 0 Å². The number of rotatable bonds is 5. The van der Waals surface area contributed by atoms with Crippen molar-refractivity contribution in [3.05, 3.63) is 34.9 Å². The third kappa shape index (κ3) is 4.20. The van der Waals surface area contributed by atoms with Gasteiger partial charge in [-0.2, -0.15) is 0 Å². The highest BCUT2D eigenvalue weighted by Gasteiger charge is 2.22. The molecule has 1 atom stereocenters. The molecule has 0 radical (unpaired) electrons. The number of nitrogens with two attached hydrogens (primary N) is 1. The molecule has 1 saturated carbocycles. The van der Waals surface area contributed by atoms with Gasteiger partial charge in [-0.15, -0.1) is 0 Å². The largest absolute Gasteiger partial charge is 0.393 e. The molecule has 0 unspecified atom stereocenters. The van der Waals surface area contributed by atoms with E-state index in [1.54, 1.807) is 12.1 Å². The summed E-state index contributed by atoms with van der Waals surface area (Å²) in [6.45, 7) is 0.526. The molecule has 4 N–H and O–H groups in total. The van der Waals surface area contributed by atoms with Crippen molar-refractivity contribution in [3.8, 4) is 0 Å². The fourth-order valence-corrected chi connectivity index (χ4v) is 2.77. The Morgan fingerprint density at radius 1 is 1.30 bits per heavy atom. The molecule has 20 heavy (non-hydrogen) atoms. The minimum atomic E-state index is -0.348. The van der Waals surface area contributed by atoms with Gasteiger partial charge in [-0.25, -0.2) is 0 Å². The van der Waals surface area contributed by atoms with Crippen molar-refractivity contribution in [2.45, 2.75) is 43.7 Å². The van der Waals surface area contributed by atoms with Crippen LogP contribution in [0, 0.1) is 0 Å². The highest BCUT2D eigenvalue weighted by atomic mass is 35.5. The van der Waals surface area contributed by atoms with Crippen LogP contribution in [0.3, 0.4) is 0 Å². The van der Waals surface area contributed by atoms with Crippen LogP contribution < -0.4 is 11.1 Å². The molecule has 2 rings (SSSR count). The summed E-state index contributed by atoms with van der Waals surface area (Å²) in [4.78, 5) is 11.6. The summed E-state index contributed by atoms with van der Waals surface area (Å²) in [7, 11) is 0. The van der Waals surface area contributed by atoms with Gasteiger partial charge in [0.05, 0.1) is 12.0 Å². The number of amides is 1. The summed E-state index contributed by atoms with van der Waals surface area (Å²) in [5.74, 6) is -0.685. The predicted molar refractivity (Wildman–Crippen MR) is 79.7 cm³/mol. The molecule has 0 saturated heterocycles. The third-order valence-electron chi connectivity index (χ3n) is 3.92. The van der Waals surface area contributed by atoms with Crippen LogP contribution in [-0.4, -0.2) is 29.7 Å². The van der Waals surface area contributed by atoms with Crippen molar-refractivity contribution in [3.63, 3.8) is 0 Å². The van der Waals surface area contributed by atoms with Crippen LogP contribution in [0.5, 0.6) is 0 Å². The Balaban J connectivity index is 1.93. The summed E-state index contributed by atoms with van der Waals surface area (Å²) >= 11 is 5.85. The fourth-order valence-electron chi connectivity index (χ4n) is 2.64. The molecule has 1 aliphatic carbocycles. The Morgan fingerprint density at radius 3 is 2.45 bits per heavy atom. The van der Waals surface area contributed by atoms with Crippen LogP contribution in [0.2, 0.25) is 5.02 Å². The Bertz CT molecular complexity index is 442. The minimum Gasteiger partial charge on any atom is -0.393 e. The van der Waals surface area contributed by atoms with E-state index in [0.29, 0.717) is 17.6 Å². The third-order valence-corrected chi connectivity index (χ3v) is 4.18. The summed E-state index contributed by atoms with van der Waals surface area (Å²) in [6, 6.07) is 7.56. The van der Waals surface area contributed by atoms with Crippen molar-refractivity contribution < 1.29 is 9.90 Å². The van der Waals surface area contributed by atoms with Gasteiger partial charge in [0, 0.05) is 17.6 Å². The minimum absolute atomic E-state index is 0.170. The molecule has 0 aromatic heterocycles. The number of aliphatic hydroxyl groups is 1. The van der Waals surface area contributed by atoms with Gasteiger partial charge in [0.15, 0.2) is 0 Å². The molecule has 1 aromatic rings. The maximum atomic E-state index is 11.6. The quantitative estimate of drug-likeness (QED) is 0.775. The fraction of sp³-hybridized carbons (Fsp3) is 0.533. The highest BCUT2D eigenvalue weighted by molar-refractivity contribution is 6.30. The van der Waals surface area contributed by atoms with Crippen LogP contribution >= 0.6 is 11.6 Å². The Hall–Kier alpha value is -1.10. The van der Waals surface area contributed by atoms with Crippen LogP contribution in [0.25, 0.3) is 0 Å². The predicted octanol–water partition coefficient (Wildman–Crippen LogP) is 1.80. The van der Waals surface area contributed by atoms with E-state index in [1.807, 2.05) is 12.1 Å². The number of carbonyl (C=O) groups excluding carboxylic acids is 1. The molecule has 1 aromatic carbocycles. The molecule has 1 fully saturated rings. The van der Waals surface area contributed by atoms with E-state index in [0.717, 1.165) is 31.2 Å². The summed E-state index contributed by atoms with van der Waals surface area (Å²) < 4.78 is 0. The number of nitrogens with one attached hydrogen (secondary N) is 1. The van der Waals surface area contributed by atoms with Gasteiger partial charge in [-0.1, -0.05) is 23.7 Å². The zero-order valence-corrected chi connectivity index (χ0v) is 12.1. The van der Waals surface area contributed by atoms with Crippen molar-refractivity contribution in [2.24, 2.45) is 5.73 Å². The van der Waals surface area contributed by atoms with E-state index in [-0.39, 0.29) is 17.9 Å². The summed E-state index contributed by atoms with van der Waals surface area (Å²) in [5.41, 5.74) is 6.37. The standard InChI is InChI=1S/C15H21ClN2O2/c16-11-3-1-10(2-4-11)14(15(17)20)9-18-12-5-7-13(19)8-6-12/h1-4,12-14,18-19H,5-9H2,(H2,17,20)/t12?,13?,14-/m1/s1. The van der Waals surface area contributed by atoms with Gasteiger partial charge in [-0.05, 0) is 43.4 Å². The van der Waals surface area contributed by atoms with Crippen LogP contribution in [0.15, 0.2) is 24.3 Å². The summed E-state index contributed by atoms with van der Waals surface area (Å²) in [5, 5.41) is 13.5. The molecule has 0 aliphatic heterocycles. The van der Waals surface area contributed by atoms with Gasteiger partial charge in [0.1, 0.15) is 0 Å². The molecule has 5 heteroatoms. The van der Waals surface area contributed by atoms with E-state index in [9.17, 15) is 9.90 Å². The van der Waals surface area contributed by atoms with Crippen molar-refractivity contribution in [1.82, 2.24) is 5.32 Å². The normalized spacial score (nSPS) is 24.3. The molecular formula is C15H21ClN2O2. The second-order valence-corrected chi connectivity index (χ2v) is 5.86. The first-order valence-corrected chi connectivity index (χ1v) is 7.40. The molecule has 0 spiro atoms. The number of hydrogen-bond donors (Lipinski definition) is 3. The maximum Gasteiger partial charge on any atom is 0.226 e. The number of hydrogen-bond acceptors (Lipinski definition) is 3. The number of aliphatic hydroxyl groups excluding tert-OH is 1. The first-order chi connectivity index (χ1) is 9.56. The lowest BCUT2D eigenvalue weighted by molar-refractivity contribution is -0.119. The van der Waals surface area contributed by atoms with Crippen molar-refractivity contribution in [2.75, 3.05) is 6.54 Å². The average Bonchev–Trinajstić information content (AvgIpc) is 2.43. The monoisotopic (exact) mass is 296 g/mol. The van der Waals surface area contributed by atoms with Gasteiger partial charge < -0.3 is 16.2 Å². The molecule has 0 bridgehead atoms. The zero-order valence-electron chi connectivity index (χ0n) is 11.4. The van der Waals surface area contributed by atoms with Crippen LogP contribution in [0.1, 0.15) is 37.2 Å². The zero-order chi connectivity index (χ0) is 14.5. The topological polar surface area (TPSA) is 75.4 Å². The molecule has 110 valence electrons. The number of carbonyl (C=O) groups is 1.